The second-order valence-corrected chi connectivity index (χ2v) is 6.12. The minimum atomic E-state index is -0.808. The van der Waals surface area contributed by atoms with Crippen LogP contribution in [-0.4, -0.2) is 39.9 Å². The number of carbonyl (C=O) groups is 2. The van der Waals surface area contributed by atoms with Crippen molar-refractivity contribution >= 4 is 23.6 Å². The maximum atomic E-state index is 12.1. The van der Waals surface area contributed by atoms with Crippen molar-refractivity contribution in [2.24, 2.45) is 5.92 Å². The fourth-order valence-electron chi connectivity index (χ4n) is 2.19. The van der Waals surface area contributed by atoms with Gasteiger partial charge in [-0.25, -0.2) is 0 Å². The number of carboxylic acid groups (broad SMARTS) is 1. The van der Waals surface area contributed by atoms with E-state index in [0.29, 0.717) is 18.1 Å². The number of rotatable bonds is 5. The Morgan fingerprint density at radius 2 is 2.05 bits per heavy atom. The van der Waals surface area contributed by atoms with Gasteiger partial charge in [0.2, 0.25) is 5.91 Å². The van der Waals surface area contributed by atoms with Crippen LogP contribution >= 0.6 is 11.8 Å². The summed E-state index contributed by atoms with van der Waals surface area (Å²) in [6, 6.07) is 8.20. The van der Waals surface area contributed by atoms with E-state index in [2.05, 4.69) is 12.1 Å². The molecule has 0 saturated heterocycles. The topological polar surface area (TPSA) is 57.6 Å². The number of nitrogens with zero attached hydrogens (tertiary/aromatic N) is 1. The van der Waals surface area contributed by atoms with Crippen molar-refractivity contribution in [3.8, 4) is 0 Å². The van der Waals surface area contributed by atoms with Gasteiger partial charge in [-0.15, -0.1) is 0 Å². The van der Waals surface area contributed by atoms with Gasteiger partial charge in [0, 0.05) is 18.8 Å². The maximum absolute atomic E-state index is 12.1. The van der Waals surface area contributed by atoms with Crippen LogP contribution in [0.5, 0.6) is 0 Å². The van der Waals surface area contributed by atoms with Gasteiger partial charge in [0.1, 0.15) is 0 Å². The quantitative estimate of drug-likeness (QED) is 0.902. The van der Waals surface area contributed by atoms with Gasteiger partial charge < -0.3 is 10.0 Å². The standard InChI is InChI=1S/C15H19NO3S/c1-11(15(18)19)9-20-10-14(17)16-7-6-12-4-2-3-5-13(12)8-16/h2-5,11H,6-10H2,1H3,(H,18,19). The maximum Gasteiger partial charge on any atom is 0.307 e. The van der Waals surface area contributed by atoms with Crippen molar-refractivity contribution in [1.29, 1.82) is 0 Å². The lowest BCUT2D eigenvalue weighted by molar-refractivity contribution is -0.140. The second kappa shape index (κ2) is 6.79. The molecule has 1 aromatic rings. The highest BCUT2D eigenvalue weighted by Gasteiger charge is 2.20. The summed E-state index contributed by atoms with van der Waals surface area (Å²) in [6.07, 6.45) is 0.901. The van der Waals surface area contributed by atoms with E-state index in [4.69, 9.17) is 5.11 Å². The number of aliphatic carboxylic acids is 1. The molecule has 4 nitrogen and oxygen atoms in total. The largest absolute Gasteiger partial charge is 0.481 e. The summed E-state index contributed by atoms with van der Waals surface area (Å²) in [5.74, 6) is -0.278. The van der Waals surface area contributed by atoms with Crippen LogP contribution in [0.4, 0.5) is 0 Å². The van der Waals surface area contributed by atoms with Crippen LogP contribution in [-0.2, 0) is 22.6 Å². The van der Waals surface area contributed by atoms with Crippen LogP contribution in [0.15, 0.2) is 24.3 Å². The van der Waals surface area contributed by atoms with Crippen molar-refractivity contribution < 1.29 is 14.7 Å². The number of carboxylic acids is 1. The molecule has 1 heterocycles. The van der Waals surface area contributed by atoms with Crippen molar-refractivity contribution in [2.75, 3.05) is 18.1 Å². The number of fused-ring (bicyclic) bond motifs is 1. The summed E-state index contributed by atoms with van der Waals surface area (Å²) >= 11 is 1.40. The van der Waals surface area contributed by atoms with E-state index in [1.54, 1.807) is 6.92 Å². The van der Waals surface area contributed by atoms with Gasteiger partial charge in [0.25, 0.3) is 0 Å². The molecule has 2 rings (SSSR count). The molecule has 0 fully saturated rings. The molecule has 1 atom stereocenters. The summed E-state index contributed by atoms with van der Waals surface area (Å²) in [6.45, 7) is 3.09. The lowest BCUT2D eigenvalue weighted by Crippen LogP contribution is -2.37. The zero-order valence-corrected chi connectivity index (χ0v) is 12.4. The molecule has 0 bridgehead atoms. The number of amides is 1. The van der Waals surface area contributed by atoms with Crippen molar-refractivity contribution in [3.63, 3.8) is 0 Å². The minimum absolute atomic E-state index is 0.0992. The predicted octanol–water partition coefficient (Wildman–Crippen LogP) is 2.03. The third kappa shape index (κ3) is 3.76. The molecule has 1 aromatic carbocycles. The Balaban J connectivity index is 1.81. The van der Waals surface area contributed by atoms with Crippen LogP contribution in [0.25, 0.3) is 0 Å². The van der Waals surface area contributed by atoms with E-state index in [9.17, 15) is 9.59 Å². The predicted molar refractivity (Wildman–Crippen MR) is 79.7 cm³/mol. The lowest BCUT2D eigenvalue weighted by atomic mass is 10.00. The molecule has 20 heavy (non-hydrogen) atoms. The first kappa shape index (κ1) is 14.9. The van der Waals surface area contributed by atoms with Gasteiger partial charge in [0.05, 0.1) is 11.7 Å². The van der Waals surface area contributed by atoms with Gasteiger partial charge in [-0.05, 0) is 17.5 Å². The van der Waals surface area contributed by atoms with E-state index >= 15 is 0 Å². The highest BCUT2D eigenvalue weighted by atomic mass is 32.2. The molecule has 5 heteroatoms. The number of carbonyl (C=O) groups excluding carboxylic acids is 1. The Kier molecular flexibility index (Phi) is 5.06. The Hall–Kier alpha value is -1.49. The molecule has 1 unspecified atom stereocenters. The molecule has 108 valence electrons. The van der Waals surface area contributed by atoms with Gasteiger partial charge >= 0.3 is 5.97 Å². The van der Waals surface area contributed by atoms with Crippen LogP contribution in [0.1, 0.15) is 18.1 Å². The van der Waals surface area contributed by atoms with Crippen LogP contribution < -0.4 is 0 Å². The lowest BCUT2D eigenvalue weighted by Gasteiger charge is -2.28. The molecule has 0 aromatic heterocycles. The summed E-state index contributed by atoms with van der Waals surface area (Å²) in [5, 5.41) is 8.80. The molecule has 1 N–H and O–H groups in total. The first-order chi connectivity index (χ1) is 9.58. The van der Waals surface area contributed by atoms with E-state index < -0.39 is 11.9 Å². The fourth-order valence-corrected chi connectivity index (χ4v) is 3.17. The molecular weight excluding hydrogens is 274 g/mol. The molecule has 0 aliphatic carbocycles. The molecule has 1 aliphatic rings. The number of thioether (sulfide) groups is 1. The summed E-state index contributed by atoms with van der Waals surface area (Å²) in [4.78, 5) is 24.7. The number of hydrogen-bond donors (Lipinski definition) is 1. The fraction of sp³-hybridized carbons (Fsp3) is 0.467. The third-order valence-electron chi connectivity index (χ3n) is 3.50. The minimum Gasteiger partial charge on any atom is -0.481 e. The zero-order chi connectivity index (χ0) is 14.5. The van der Waals surface area contributed by atoms with E-state index in [-0.39, 0.29) is 5.91 Å². The summed E-state index contributed by atoms with van der Waals surface area (Å²) < 4.78 is 0. The number of hydrogen-bond acceptors (Lipinski definition) is 3. The second-order valence-electron chi connectivity index (χ2n) is 5.09. The highest BCUT2D eigenvalue weighted by Crippen LogP contribution is 2.19. The average Bonchev–Trinajstić information content (AvgIpc) is 2.46. The number of benzene rings is 1. The Labute approximate surface area is 123 Å². The van der Waals surface area contributed by atoms with E-state index in [1.165, 1.54) is 22.9 Å². The molecule has 0 radical (unpaired) electrons. The van der Waals surface area contributed by atoms with Crippen LogP contribution in [0.2, 0.25) is 0 Å². The molecule has 0 spiro atoms. The molecule has 1 amide bonds. The van der Waals surface area contributed by atoms with Crippen molar-refractivity contribution in [3.05, 3.63) is 35.4 Å². The van der Waals surface area contributed by atoms with Gasteiger partial charge in [-0.2, -0.15) is 11.8 Å². The average molecular weight is 293 g/mol. The SMILES string of the molecule is CC(CSCC(=O)N1CCc2ccccc2C1)C(=O)O. The summed E-state index contributed by atoms with van der Waals surface area (Å²) in [7, 11) is 0. The smallest absolute Gasteiger partial charge is 0.307 e. The van der Waals surface area contributed by atoms with Gasteiger partial charge in [-0.3, -0.25) is 9.59 Å². The van der Waals surface area contributed by atoms with E-state index in [1.807, 2.05) is 17.0 Å². The Bertz CT molecular complexity index is 504. The van der Waals surface area contributed by atoms with Gasteiger partial charge in [-0.1, -0.05) is 31.2 Å². The zero-order valence-electron chi connectivity index (χ0n) is 11.5. The van der Waals surface area contributed by atoms with Crippen LogP contribution in [0, 0.1) is 5.92 Å². The van der Waals surface area contributed by atoms with Gasteiger partial charge in [0.15, 0.2) is 0 Å². The van der Waals surface area contributed by atoms with E-state index in [0.717, 1.165) is 13.0 Å². The first-order valence-corrected chi connectivity index (χ1v) is 7.88. The Morgan fingerprint density at radius 1 is 1.35 bits per heavy atom. The first-order valence-electron chi connectivity index (χ1n) is 6.73. The summed E-state index contributed by atoms with van der Waals surface area (Å²) in [5.41, 5.74) is 2.54. The molecule has 0 saturated carbocycles. The molecule has 1 aliphatic heterocycles. The third-order valence-corrected chi connectivity index (χ3v) is 4.69. The Morgan fingerprint density at radius 3 is 2.75 bits per heavy atom. The normalized spacial score (nSPS) is 15.6. The van der Waals surface area contributed by atoms with Crippen LogP contribution in [0.3, 0.4) is 0 Å². The monoisotopic (exact) mass is 293 g/mol. The van der Waals surface area contributed by atoms with Crippen molar-refractivity contribution in [1.82, 2.24) is 4.90 Å². The highest BCUT2D eigenvalue weighted by molar-refractivity contribution is 7.99. The van der Waals surface area contributed by atoms with Crippen molar-refractivity contribution in [2.45, 2.75) is 19.9 Å². The molecular formula is C15H19NO3S.